The summed E-state index contributed by atoms with van der Waals surface area (Å²) >= 11 is 0. The van der Waals surface area contributed by atoms with Crippen LogP contribution in [-0.2, 0) is 4.74 Å². The van der Waals surface area contributed by atoms with Crippen molar-refractivity contribution >= 4 is 17.6 Å². The maximum absolute atomic E-state index is 11.7. The van der Waals surface area contributed by atoms with E-state index in [1.54, 1.807) is 12.3 Å². The molecule has 6 nitrogen and oxygen atoms in total. The summed E-state index contributed by atoms with van der Waals surface area (Å²) < 4.78 is 5.20. The number of carbonyl (C=O) groups excluding carboxylic acids is 1. The average molecular weight is 320 g/mol. The molecule has 1 amide bonds. The summed E-state index contributed by atoms with van der Waals surface area (Å²) in [5.41, 5.74) is 0.451. The number of hydrogen-bond donors (Lipinski definition) is 2. The zero-order valence-corrected chi connectivity index (χ0v) is 14.6. The first kappa shape index (κ1) is 17.5. The summed E-state index contributed by atoms with van der Waals surface area (Å²) in [6, 6.07) is 3.70. The van der Waals surface area contributed by atoms with Gasteiger partial charge in [0.2, 0.25) is 0 Å². The Bertz CT molecular complexity index is 510. The van der Waals surface area contributed by atoms with Crippen molar-refractivity contribution in [2.24, 2.45) is 5.92 Å². The Balaban J connectivity index is 1.79. The van der Waals surface area contributed by atoms with Crippen LogP contribution in [0.4, 0.5) is 16.3 Å². The van der Waals surface area contributed by atoms with Gasteiger partial charge in [0.1, 0.15) is 11.4 Å². The maximum atomic E-state index is 11.7. The molecule has 128 valence electrons. The highest BCUT2D eigenvalue weighted by Crippen LogP contribution is 2.17. The zero-order valence-electron chi connectivity index (χ0n) is 14.6. The van der Waals surface area contributed by atoms with E-state index in [0.717, 1.165) is 18.8 Å². The van der Waals surface area contributed by atoms with E-state index < -0.39 is 11.7 Å². The van der Waals surface area contributed by atoms with Gasteiger partial charge in [0.05, 0.1) is 11.9 Å². The maximum Gasteiger partial charge on any atom is 0.413 e. The molecule has 1 aliphatic heterocycles. The van der Waals surface area contributed by atoms with E-state index in [4.69, 9.17) is 4.74 Å². The van der Waals surface area contributed by atoms with Gasteiger partial charge in [-0.05, 0) is 65.3 Å². The van der Waals surface area contributed by atoms with Gasteiger partial charge in [-0.3, -0.25) is 5.32 Å². The van der Waals surface area contributed by atoms with Crippen molar-refractivity contribution in [3.05, 3.63) is 18.3 Å². The molecule has 0 aromatic carbocycles. The molecule has 1 aromatic rings. The van der Waals surface area contributed by atoms with Crippen molar-refractivity contribution in [2.75, 3.05) is 37.3 Å². The quantitative estimate of drug-likeness (QED) is 0.892. The molecule has 0 bridgehead atoms. The fraction of sp³-hybridized carbons (Fsp3) is 0.647. The third-order valence-electron chi connectivity index (χ3n) is 3.71. The van der Waals surface area contributed by atoms with Crippen molar-refractivity contribution in [3.63, 3.8) is 0 Å². The van der Waals surface area contributed by atoms with Crippen molar-refractivity contribution in [1.29, 1.82) is 0 Å². The highest BCUT2D eigenvalue weighted by Gasteiger charge is 2.17. The van der Waals surface area contributed by atoms with Crippen molar-refractivity contribution < 1.29 is 9.53 Å². The molecule has 1 aliphatic rings. The fourth-order valence-electron chi connectivity index (χ4n) is 2.68. The highest BCUT2D eigenvalue weighted by atomic mass is 16.6. The summed E-state index contributed by atoms with van der Waals surface area (Å²) in [5, 5.41) is 6.05. The van der Waals surface area contributed by atoms with Gasteiger partial charge in [-0.25, -0.2) is 9.78 Å². The smallest absolute Gasteiger partial charge is 0.413 e. The Morgan fingerprint density at radius 2 is 2.22 bits per heavy atom. The molecule has 0 aliphatic carbocycles. The number of ether oxygens (including phenoxy) is 1. The zero-order chi connectivity index (χ0) is 16.9. The van der Waals surface area contributed by atoms with E-state index in [1.165, 1.54) is 19.4 Å². The van der Waals surface area contributed by atoms with Crippen LogP contribution in [0.1, 0.15) is 33.6 Å². The lowest BCUT2D eigenvalue weighted by Crippen LogP contribution is -2.35. The van der Waals surface area contributed by atoms with Crippen LogP contribution in [0.2, 0.25) is 0 Å². The molecule has 2 rings (SSSR count). The molecule has 0 spiro atoms. The number of amides is 1. The molecule has 1 atom stereocenters. The number of hydrogen-bond acceptors (Lipinski definition) is 5. The molecule has 2 heterocycles. The minimum atomic E-state index is -0.515. The minimum absolute atomic E-state index is 0.488. The molecule has 23 heavy (non-hydrogen) atoms. The second-order valence-electron chi connectivity index (χ2n) is 7.21. The number of carbonyl (C=O) groups is 1. The Kier molecular flexibility index (Phi) is 5.82. The summed E-state index contributed by atoms with van der Waals surface area (Å²) in [5.74, 6) is 1.16. The molecule has 6 heteroatoms. The molecule has 0 radical (unpaired) electrons. The SMILES string of the molecule is CN1CCCC(CNc2ccc(NC(=O)OC(C)(C)C)nc2)C1. The van der Waals surface area contributed by atoms with E-state index in [0.29, 0.717) is 11.7 Å². The molecule has 1 saturated heterocycles. The van der Waals surface area contributed by atoms with Crippen molar-refractivity contribution in [3.8, 4) is 0 Å². The normalized spacial score (nSPS) is 19.2. The summed E-state index contributed by atoms with van der Waals surface area (Å²) in [4.78, 5) is 18.3. The number of rotatable bonds is 4. The van der Waals surface area contributed by atoms with E-state index in [9.17, 15) is 4.79 Å². The summed E-state index contributed by atoms with van der Waals surface area (Å²) in [6.07, 6.45) is 3.78. The van der Waals surface area contributed by atoms with Gasteiger partial charge in [-0.2, -0.15) is 0 Å². The second kappa shape index (κ2) is 7.64. The number of nitrogens with one attached hydrogen (secondary N) is 2. The van der Waals surface area contributed by atoms with Gasteiger partial charge in [0, 0.05) is 13.1 Å². The first-order valence-electron chi connectivity index (χ1n) is 8.20. The highest BCUT2D eigenvalue weighted by molar-refractivity contribution is 5.83. The molecule has 1 fully saturated rings. The van der Waals surface area contributed by atoms with E-state index >= 15 is 0 Å². The number of piperidine rings is 1. The van der Waals surface area contributed by atoms with E-state index in [-0.39, 0.29) is 0 Å². The van der Waals surface area contributed by atoms with Crippen LogP contribution >= 0.6 is 0 Å². The van der Waals surface area contributed by atoms with Crippen LogP contribution in [0.15, 0.2) is 18.3 Å². The van der Waals surface area contributed by atoms with Crippen LogP contribution in [0, 0.1) is 5.92 Å². The van der Waals surface area contributed by atoms with Crippen LogP contribution < -0.4 is 10.6 Å². The Labute approximate surface area is 138 Å². The van der Waals surface area contributed by atoms with Crippen molar-refractivity contribution in [2.45, 2.75) is 39.2 Å². The lowest BCUT2D eigenvalue weighted by atomic mass is 9.98. The second-order valence-corrected chi connectivity index (χ2v) is 7.21. The molecular formula is C17H28N4O2. The third kappa shape index (κ3) is 6.44. The lowest BCUT2D eigenvalue weighted by Gasteiger charge is -2.29. The van der Waals surface area contributed by atoms with Gasteiger partial charge in [-0.1, -0.05) is 0 Å². The van der Waals surface area contributed by atoms with Gasteiger partial charge in [-0.15, -0.1) is 0 Å². The standard InChI is InChI=1S/C17H28N4O2/c1-17(2,3)23-16(22)20-15-8-7-14(11-19-15)18-10-13-6-5-9-21(4)12-13/h7-8,11,13,18H,5-6,9-10,12H2,1-4H3,(H,19,20,22). The Morgan fingerprint density at radius 1 is 1.43 bits per heavy atom. The first-order valence-corrected chi connectivity index (χ1v) is 8.20. The lowest BCUT2D eigenvalue weighted by molar-refractivity contribution is 0.0635. The minimum Gasteiger partial charge on any atom is -0.444 e. The van der Waals surface area contributed by atoms with Crippen molar-refractivity contribution in [1.82, 2.24) is 9.88 Å². The van der Waals surface area contributed by atoms with E-state index in [1.807, 2.05) is 26.8 Å². The van der Waals surface area contributed by atoms with Gasteiger partial charge >= 0.3 is 6.09 Å². The monoisotopic (exact) mass is 320 g/mol. The van der Waals surface area contributed by atoms with Crippen LogP contribution in [0.25, 0.3) is 0 Å². The van der Waals surface area contributed by atoms with E-state index in [2.05, 4.69) is 27.6 Å². The summed E-state index contributed by atoms with van der Waals surface area (Å²) in [7, 11) is 2.17. The number of anilines is 2. The molecular weight excluding hydrogens is 292 g/mol. The van der Waals surface area contributed by atoms with Gasteiger partial charge < -0.3 is 15.0 Å². The van der Waals surface area contributed by atoms with Gasteiger partial charge in [0.25, 0.3) is 0 Å². The Hall–Kier alpha value is -1.82. The molecule has 1 unspecified atom stereocenters. The number of aromatic nitrogens is 1. The topological polar surface area (TPSA) is 66.5 Å². The predicted octanol–water partition coefficient (Wildman–Crippen LogP) is 3.18. The first-order chi connectivity index (χ1) is 10.8. The third-order valence-corrected chi connectivity index (χ3v) is 3.71. The number of likely N-dealkylation sites (tertiary alicyclic amines) is 1. The molecule has 0 saturated carbocycles. The summed E-state index contributed by atoms with van der Waals surface area (Å²) in [6.45, 7) is 8.77. The van der Waals surface area contributed by atoms with Gasteiger partial charge in [0.15, 0.2) is 0 Å². The Morgan fingerprint density at radius 3 is 2.83 bits per heavy atom. The number of pyridine rings is 1. The molecule has 1 aromatic heterocycles. The van der Waals surface area contributed by atoms with Crippen LogP contribution in [0.3, 0.4) is 0 Å². The largest absolute Gasteiger partial charge is 0.444 e. The van der Waals surface area contributed by atoms with Crippen LogP contribution in [-0.4, -0.2) is 48.3 Å². The average Bonchev–Trinajstić information content (AvgIpc) is 2.44. The fourth-order valence-corrected chi connectivity index (χ4v) is 2.68. The molecule has 2 N–H and O–H groups in total. The number of nitrogens with zero attached hydrogens (tertiary/aromatic N) is 2. The predicted molar refractivity (Wildman–Crippen MR) is 92.8 cm³/mol. The van der Waals surface area contributed by atoms with Crippen LogP contribution in [0.5, 0.6) is 0 Å².